The molecule has 0 aliphatic rings. The Bertz CT molecular complexity index is 1220. The molecule has 9 heteroatoms. The molecule has 7 nitrogen and oxygen atoms in total. The van der Waals surface area contributed by atoms with Crippen LogP contribution in [0, 0.1) is 5.82 Å². The van der Waals surface area contributed by atoms with Gasteiger partial charge in [-0.15, -0.1) is 11.3 Å². The van der Waals surface area contributed by atoms with Crippen LogP contribution in [0.4, 0.5) is 4.39 Å². The molecule has 170 valence electrons. The van der Waals surface area contributed by atoms with E-state index < -0.39 is 17.2 Å². The standard InChI is InChI=1S/C23H26FN3O4S/c1-5-8-27(14(4)28)12-21-25-19(13-32-21)15-10-20-16(9-18(15)24)22(29)17(11-26(20)6-2)23(30)31-7-3/h9-11,13H,5-8,12H2,1-4H3. The van der Waals surface area contributed by atoms with E-state index in [9.17, 15) is 14.4 Å². The number of rotatable bonds is 8. The quantitative estimate of drug-likeness (QED) is 0.471. The van der Waals surface area contributed by atoms with Crippen molar-refractivity contribution in [3.8, 4) is 11.3 Å². The first-order chi connectivity index (χ1) is 15.3. The van der Waals surface area contributed by atoms with Crippen molar-refractivity contribution in [2.75, 3.05) is 13.2 Å². The summed E-state index contributed by atoms with van der Waals surface area (Å²) in [5, 5.41) is 2.55. The van der Waals surface area contributed by atoms with Crippen LogP contribution < -0.4 is 5.43 Å². The molecule has 0 saturated heterocycles. The second-order valence-electron chi connectivity index (χ2n) is 7.29. The summed E-state index contributed by atoms with van der Waals surface area (Å²) in [5.74, 6) is -1.37. The predicted octanol–water partition coefficient (Wildman–Crippen LogP) is 4.22. The fourth-order valence-electron chi connectivity index (χ4n) is 3.51. The normalized spacial score (nSPS) is 11.0. The van der Waals surface area contributed by atoms with Crippen molar-refractivity contribution in [1.29, 1.82) is 0 Å². The Kier molecular flexibility index (Phi) is 7.40. The highest BCUT2D eigenvalue weighted by atomic mass is 32.1. The van der Waals surface area contributed by atoms with E-state index in [1.165, 1.54) is 24.5 Å². The van der Waals surface area contributed by atoms with Crippen molar-refractivity contribution in [2.45, 2.75) is 47.2 Å². The summed E-state index contributed by atoms with van der Waals surface area (Å²) in [5.41, 5.74) is 0.519. The molecular formula is C23H26FN3O4S. The molecule has 0 bridgehead atoms. The second-order valence-corrected chi connectivity index (χ2v) is 8.24. The van der Waals surface area contributed by atoms with Gasteiger partial charge in [-0.1, -0.05) is 6.92 Å². The third kappa shape index (κ3) is 4.72. The molecule has 0 saturated carbocycles. The van der Waals surface area contributed by atoms with Crippen LogP contribution in [-0.2, 0) is 22.6 Å². The van der Waals surface area contributed by atoms with Gasteiger partial charge >= 0.3 is 5.97 Å². The first-order valence-corrected chi connectivity index (χ1v) is 11.4. The minimum absolute atomic E-state index is 0.0372. The molecule has 1 aromatic carbocycles. The van der Waals surface area contributed by atoms with Crippen LogP contribution in [0.25, 0.3) is 22.2 Å². The molecule has 3 rings (SSSR count). The van der Waals surface area contributed by atoms with E-state index in [4.69, 9.17) is 4.74 Å². The third-order valence-electron chi connectivity index (χ3n) is 5.10. The predicted molar refractivity (Wildman–Crippen MR) is 122 cm³/mol. The lowest BCUT2D eigenvalue weighted by Gasteiger charge is -2.18. The maximum atomic E-state index is 15.1. The molecule has 0 atom stereocenters. The number of pyridine rings is 1. The van der Waals surface area contributed by atoms with Crippen molar-refractivity contribution in [3.63, 3.8) is 0 Å². The number of fused-ring (bicyclic) bond motifs is 1. The molecule has 0 fully saturated rings. The van der Waals surface area contributed by atoms with E-state index in [1.54, 1.807) is 27.8 Å². The van der Waals surface area contributed by atoms with E-state index >= 15 is 4.39 Å². The second kappa shape index (κ2) is 10.0. The zero-order valence-corrected chi connectivity index (χ0v) is 19.4. The van der Waals surface area contributed by atoms with Crippen LogP contribution in [0.1, 0.15) is 49.5 Å². The van der Waals surface area contributed by atoms with Gasteiger partial charge in [-0.3, -0.25) is 9.59 Å². The molecule has 2 aromatic heterocycles. The molecule has 2 heterocycles. The molecule has 3 aromatic rings. The van der Waals surface area contributed by atoms with Crippen LogP contribution >= 0.6 is 11.3 Å². The molecule has 0 radical (unpaired) electrons. The fourth-order valence-corrected chi connectivity index (χ4v) is 4.32. The number of halogens is 1. The van der Waals surface area contributed by atoms with Gasteiger partial charge in [-0.05, 0) is 32.4 Å². The SMILES string of the molecule is CCCN(Cc1nc(-c2cc3c(cc2F)c(=O)c(C(=O)OCC)cn3CC)cs1)C(C)=O. The molecule has 0 aliphatic heterocycles. The van der Waals surface area contributed by atoms with E-state index in [0.717, 1.165) is 12.5 Å². The van der Waals surface area contributed by atoms with Gasteiger partial charge in [-0.25, -0.2) is 14.2 Å². The average molecular weight is 460 g/mol. The van der Waals surface area contributed by atoms with Gasteiger partial charge in [0.1, 0.15) is 16.4 Å². The van der Waals surface area contributed by atoms with Crippen LogP contribution in [0.3, 0.4) is 0 Å². The topological polar surface area (TPSA) is 81.5 Å². The molecule has 0 spiro atoms. The first kappa shape index (κ1) is 23.6. The van der Waals surface area contributed by atoms with Crippen molar-refractivity contribution >= 4 is 34.1 Å². The lowest BCUT2D eigenvalue weighted by atomic mass is 10.1. The van der Waals surface area contributed by atoms with Crippen molar-refractivity contribution in [1.82, 2.24) is 14.5 Å². The third-order valence-corrected chi connectivity index (χ3v) is 5.93. The number of carbonyl (C=O) groups is 2. The van der Waals surface area contributed by atoms with Gasteiger partial charge in [0.05, 0.1) is 24.4 Å². The van der Waals surface area contributed by atoms with Crippen molar-refractivity contribution < 1.29 is 18.7 Å². The monoisotopic (exact) mass is 459 g/mol. The summed E-state index contributed by atoms with van der Waals surface area (Å²) < 4.78 is 21.7. The first-order valence-electron chi connectivity index (χ1n) is 10.5. The van der Waals surface area contributed by atoms with Gasteiger partial charge in [0.15, 0.2) is 0 Å². The largest absolute Gasteiger partial charge is 0.462 e. The summed E-state index contributed by atoms with van der Waals surface area (Å²) in [4.78, 5) is 43.0. The Hall–Kier alpha value is -3.07. The number of aryl methyl sites for hydroxylation is 1. The van der Waals surface area contributed by atoms with Gasteiger partial charge in [0.2, 0.25) is 11.3 Å². The summed E-state index contributed by atoms with van der Waals surface area (Å²) in [6.45, 7) is 8.64. The molecule has 0 N–H and O–H groups in total. The Morgan fingerprint density at radius 3 is 2.62 bits per heavy atom. The van der Waals surface area contributed by atoms with E-state index in [-0.39, 0.29) is 29.0 Å². The minimum atomic E-state index is -0.725. The highest BCUT2D eigenvalue weighted by Gasteiger charge is 2.20. The number of hydrogen-bond acceptors (Lipinski definition) is 6. The van der Waals surface area contributed by atoms with Crippen LogP contribution in [-0.4, -0.2) is 39.5 Å². The summed E-state index contributed by atoms with van der Waals surface area (Å²) in [6, 6.07) is 2.73. The summed E-state index contributed by atoms with van der Waals surface area (Å²) >= 11 is 1.35. The number of hydrogen-bond donors (Lipinski definition) is 0. The lowest BCUT2D eigenvalue weighted by Crippen LogP contribution is -2.28. The molecule has 1 amide bonds. The Morgan fingerprint density at radius 2 is 2.00 bits per heavy atom. The Balaban J connectivity index is 2.06. The smallest absolute Gasteiger partial charge is 0.343 e. The van der Waals surface area contributed by atoms with Crippen LogP contribution in [0.2, 0.25) is 0 Å². The molecular weight excluding hydrogens is 433 g/mol. The van der Waals surface area contributed by atoms with Gasteiger partial charge in [0, 0.05) is 42.5 Å². The highest BCUT2D eigenvalue weighted by molar-refractivity contribution is 7.09. The van der Waals surface area contributed by atoms with Crippen molar-refractivity contribution in [2.24, 2.45) is 0 Å². The van der Waals surface area contributed by atoms with Gasteiger partial charge < -0.3 is 14.2 Å². The Morgan fingerprint density at radius 1 is 1.25 bits per heavy atom. The Labute approximate surface area is 189 Å². The zero-order valence-electron chi connectivity index (χ0n) is 18.6. The number of esters is 1. The number of carbonyl (C=O) groups excluding carboxylic acids is 2. The summed E-state index contributed by atoms with van der Waals surface area (Å²) in [7, 11) is 0. The number of thiazole rings is 1. The maximum Gasteiger partial charge on any atom is 0.343 e. The van der Waals surface area contributed by atoms with Crippen LogP contribution in [0.15, 0.2) is 28.5 Å². The number of benzene rings is 1. The number of amides is 1. The minimum Gasteiger partial charge on any atom is -0.462 e. The number of aromatic nitrogens is 2. The van der Waals surface area contributed by atoms with Crippen molar-refractivity contribution in [3.05, 3.63) is 50.3 Å². The molecule has 0 unspecified atom stereocenters. The van der Waals surface area contributed by atoms with Gasteiger partial charge in [-0.2, -0.15) is 0 Å². The summed E-state index contributed by atoms with van der Waals surface area (Å²) in [6.07, 6.45) is 2.28. The highest BCUT2D eigenvalue weighted by Crippen LogP contribution is 2.29. The fraction of sp³-hybridized carbons (Fsp3) is 0.391. The average Bonchev–Trinajstić information content (AvgIpc) is 3.22. The van der Waals surface area contributed by atoms with E-state index in [2.05, 4.69) is 4.98 Å². The van der Waals surface area contributed by atoms with E-state index in [0.29, 0.717) is 35.9 Å². The zero-order chi connectivity index (χ0) is 23.4. The van der Waals surface area contributed by atoms with E-state index in [1.807, 2.05) is 13.8 Å². The van der Waals surface area contributed by atoms with Crippen LogP contribution in [0.5, 0.6) is 0 Å². The lowest BCUT2D eigenvalue weighted by molar-refractivity contribution is -0.129. The molecule has 0 aliphatic carbocycles. The van der Waals surface area contributed by atoms with Gasteiger partial charge in [0.25, 0.3) is 0 Å². The number of nitrogens with zero attached hydrogens (tertiary/aromatic N) is 3. The molecule has 32 heavy (non-hydrogen) atoms. The number of ether oxygens (including phenoxy) is 1. The maximum absolute atomic E-state index is 15.1.